The van der Waals surface area contributed by atoms with Gasteiger partial charge in [0.2, 0.25) is 5.78 Å². The highest BCUT2D eigenvalue weighted by atomic mass is 19.1. The number of Topliss-reactive ketones (excluding diaryl/α,β-unsaturated/α-hetero) is 1. The second-order valence-corrected chi connectivity index (χ2v) is 8.26. The molecule has 4 rings (SSSR count). The van der Waals surface area contributed by atoms with Gasteiger partial charge >= 0.3 is 0 Å². The van der Waals surface area contributed by atoms with Gasteiger partial charge in [-0.3, -0.25) is 9.59 Å². The van der Waals surface area contributed by atoms with Gasteiger partial charge in [0.15, 0.2) is 5.83 Å². The number of hydrogen-bond acceptors (Lipinski definition) is 2. The monoisotopic (exact) mass is 314 g/mol. The highest BCUT2D eigenvalue weighted by Crippen LogP contribution is 2.65. The van der Waals surface area contributed by atoms with E-state index in [2.05, 4.69) is 20.4 Å². The lowest BCUT2D eigenvalue weighted by atomic mass is 9.47. The molecule has 5 atom stereocenters. The zero-order valence-corrected chi connectivity index (χ0v) is 13.8. The summed E-state index contributed by atoms with van der Waals surface area (Å²) in [7, 11) is 0. The number of hydrogen-bond donors (Lipinski definition) is 0. The molecule has 4 aliphatic rings. The Morgan fingerprint density at radius 1 is 1.22 bits per heavy atom. The molecule has 122 valence electrons. The molecular formula is C20H23FO2. The molecule has 0 N–H and O–H groups in total. The average molecular weight is 314 g/mol. The molecular weight excluding hydrogens is 291 g/mol. The first-order valence-electron chi connectivity index (χ1n) is 8.62. The van der Waals surface area contributed by atoms with Gasteiger partial charge in [0.25, 0.3) is 0 Å². The fourth-order valence-electron chi connectivity index (χ4n) is 5.92. The van der Waals surface area contributed by atoms with Crippen LogP contribution in [0.15, 0.2) is 35.7 Å². The zero-order valence-electron chi connectivity index (χ0n) is 13.8. The van der Waals surface area contributed by atoms with E-state index in [-0.39, 0.29) is 17.3 Å². The van der Waals surface area contributed by atoms with Crippen LogP contribution in [0.1, 0.15) is 46.0 Å². The topological polar surface area (TPSA) is 34.1 Å². The Balaban J connectivity index is 1.81. The minimum atomic E-state index is -0.578. The Morgan fingerprint density at radius 2 is 1.96 bits per heavy atom. The van der Waals surface area contributed by atoms with E-state index >= 15 is 0 Å². The molecule has 0 aromatic carbocycles. The first-order valence-corrected chi connectivity index (χ1v) is 8.62. The molecule has 2 nitrogen and oxygen atoms in total. The van der Waals surface area contributed by atoms with Crippen LogP contribution in [-0.4, -0.2) is 11.6 Å². The van der Waals surface area contributed by atoms with Crippen LogP contribution < -0.4 is 0 Å². The van der Waals surface area contributed by atoms with Crippen molar-refractivity contribution in [3.63, 3.8) is 0 Å². The molecule has 0 aromatic rings. The summed E-state index contributed by atoms with van der Waals surface area (Å²) in [5.41, 5.74) is 1.00. The van der Waals surface area contributed by atoms with Gasteiger partial charge in [0.1, 0.15) is 5.78 Å². The Morgan fingerprint density at radius 3 is 2.70 bits per heavy atom. The molecule has 3 fully saturated rings. The number of allylic oxidation sites excluding steroid dienone is 5. The van der Waals surface area contributed by atoms with Crippen LogP contribution in [0.2, 0.25) is 0 Å². The van der Waals surface area contributed by atoms with Crippen LogP contribution in [0.25, 0.3) is 0 Å². The molecule has 0 spiro atoms. The summed E-state index contributed by atoms with van der Waals surface area (Å²) in [6.07, 6.45) is 7.14. The van der Waals surface area contributed by atoms with E-state index in [1.165, 1.54) is 6.08 Å². The summed E-state index contributed by atoms with van der Waals surface area (Å²) < 4.78 is 14.5. The van der Waals surface area contributed by atoms with Crippen LogP contribution in [0.5, 0.6) is 0 Å². The summed E-state index contributed by atoms with van der Waals surface area (Å²) in [5, 5.41) is 0. The molecule has 0 bridgehead atoms. The Labute approximate surface area is 136 Å². The largest absolute Gasteiger partial charge is 0.299 e. The molecule has 0 radical (unpaired) electrons. The maximum absolute atomic E-state index is 14.5. The van der Waals surface area contributed by atoms with Crippen LogP contribution in [0.3, 0.4) is 0 Å². The van der Waals surface area contributed by atoms with E-state index in [9.17, 15) is 14.0 Å². The third kappa shape index (κ3) is 1.74. The quantitative estimate of drug-likeness (QED) is 0.624. The second-order valence-electron chi connectivity index (χ2n) is 8.26. The molecule has 0 unspecified atom stereocenters. The molecule has 0 aliphatic heterocycles. The van der Waals surface area contributed by atoms with Gasteiger partial charge in [-0.2, -0.15) is 0 Å². The van der Waals surface area contributed by atoms with Gasteiger partial charge in [-0.05, 0) is 55.1 Å². The summed E-state index contributed by atoms with van der Waals surface area (Å²) >= 11 is 0. The van der Waals surface area contributed by atoms with Crippen molar-refractivity contribution in [3.8, 4) is 0 Å². The van der Waals surface area contributed by atoms with Crippen LogP contribution in [0, 0.1) is 28.6 Å². The predicted octanol–water partition coefficient (Wildman–Crippen LogP) is 4.33. The fraction of sp³-hybridized carbons (Fsp3) is 0.600. The van der Waals surface area contributed by atoms with Crippen molar-refractivity contribution < 1.29 is 14.0 Å². The Hall–Kier alpha value is -1.51. The van der Waals surface area contributed by atoms with E-state index in [0.717, 1.165) is 24.8 Å². The first-order chi connectivity index (χ1) is 10.8. The molecule has 0 saturated heterocycles. The minimum absolute atomic E-state index is 0.228. The fourth-order valence-corrected chi connectivity index (χ4v) is 5.92. The number of fused-ring (bicyclic) bond motifs is 5. The maximum Gasteiger partial charge on any atom is 0.213 e. The maximum atomic E-state index is 14.5. The van der Waals surface area contributed by atoms with E-state index in [1.54, 1.807) is 0 Å². The minimum Gasteiger partial charge on any atom is -0.299 e. The van der Waals surface area contributed by atoms with Crippen molar-refractivity contribution in [1.82, 2.24) is 0 Å². The number of carbonyl (C=O) groups excluding carboxylic acids is 2. The number of carbonyl (C=O) groups is 2. The Kier molecular flexibility index (Phi) is 2.96. The van der Waals surface area contributed by atoms with Crippen molar-refractivity contribution in [2.45, 2.75) is 46.0 Å². The van der Waals surface area contributed by atoms with Gasteiger partial charge < -0.3 is 0 Å². The van der Waals surface area contributed by atoms with Crippen LogP contribution in [0.4, 0.5) is 4.39 Å². The van der Waals surface area contributed by atoms with Gasteiger partial charge in [-0.15, -0.1) is 0 Å². The molecule has 4 aliphatic carbocycles. The lowest BCUT2D eigenvalue weighted by Crippen LogP contribution is -2.50. The van der Waals surface area contributed by atoms with Crippen LogP contribution >= 0.6 is 0 Å². The zero-order chi connectivity index (χ0) is 16.6. The van der Waals surface area contributed by atoms with Gasteiger partial charge in [-0.25, -0.2) is 4.39 Å². The third-order valence-corrected chi connectivity index (χ3v) is 7.34. The van der Waals surface area contributed by atoms with Crippen molar-refractivity contribution in [2.75, 3.05) is 0 Å². The normalized spacial score (nSPS) is 45.9. The molecule has 0 amide bonds. The van der Waals surface area contributed by atoms with Crippen molar-refractivity contribution in [2.24, 2.45) is 28.6 Å². The van der Waals surface area contributed by atoms with Crippen LogP contribution in [-0.2, 0) is 9.59 Å². The van der Waals surface area contributed by atoms with E-state index in [4.69, 9.17) is 0 Å². The van der Waals surface area contributed by atoms with E-state index in [0.29, 0.717) is 30.1 Å². The standard InChI is InChI=1S/C20H23FO2/c1-11-10-14-18(21)15(22)7-9-19(14,2)13-6-8-20(3)12(17(11)13)4-5-16(20)23/h7,9,12-13,17H,1,4-6,8,10H2,2-3H3/t12-,13-,17-,19+,20-/m0/s1. The summed E-state index contributed by atoms with van der Waals surface area (Å²) in [6, 6.07) is 0. The highest BCUT2D eigenvalue weighted by Gasteiger charge is 2.60. The number of ketones is 2. The molecule has 0 aromatic heterocycles. The summed E-state index contributed by atoms with van der Waals surface area (Å²) in [5.74, 6) is 0.137. The molecule has 0 heterocycles. The van der Waals surface area contributed by atoms with Crippen molar-refractivity contribution in [1.29, 1.82) is 0 Å². The van der Waals surface area contributed by atoms with Crippen molar-refractivity contribution >= 4 is 11.6 Å². The predicted molar refractivity (Wildman–Crippen MR) is 86.2 cm³/mol. The summed E-state index contributed by atoms with van der Waals surface area (Å²) in [4.78, 5) is 24.2. The number of rotatable bonds is 0. The first kappa shape index (κ1) is 15.0. The molecule has 3 heteroatoms. The summed E-state index contributed by atoms with van der Waals surface area (Å²) in [6.45, 7) is 8.43. The highest BCUT2D eigenvalue weighted by molar-refractivity contribution is 6.04. The Bertz CT molecular complexity index is 700. The van der Waals surface area contributed by atoms with E-state index in [1.807, 2.05) is 6.08 Å². The SMILES string of the molecule is C=C1CC2=C(F)C(=O)C=C[C@]2(C)[C@H]2CC[C@]3(C)C(=O)CC[C@H]3[C@H]12. The van der Waals surface area contributed by atoms with Crippen molar-refractivity contribution in [3.05, 3.63) is 35.7 Å². The molecule has 3 saturated carbocycles. The lowest BCUT2D eigenvalue weighted by Gasteiger charge is -2.56. The van der Waals surface area contributed by atoms with Gasteiger partial charge in [0.05, 0.1) is 0 Å². The lowest BCUT2D eigenvalue weighted by molar-refractivity contribution is -0.130. The van der Waals surface area contributed by atoms with E-state index < -0.39 is 17.0 Å². The molecule has 23 heavy (non-hydrogen) atoms. The van der Waals surface area contributed by atoms with Gasteiger partial charge in [-0.1, -0.05) is 32.1 Å². The third-order valence-electron chi connectivity index (χ3n) is 7.34. The van der Waals surface area contributed by atoms with Gasteiger partial charge in [0, 0.05) is 17.3 Å². The second kappa shape index (κ2) is 4.52. The number of halogens is 1. The average Bonchev–Trinajstić information content (AvgIpc) is 2.82. The smallest absolute Gasteiger partial charge is 0.213 e.